The Bertz CT molecular complexity index is 1110. The van der Waals surface area contributed by atoms with Gasteiger partial charge in [0.1, 0.15) is 11.3 Å². The summed E-state index contributed by atoms with van der Waals surface area (Å²) >= 11 is 0. The maximum atomic E-state index is 7.62. The van der Waals surface area contributed by atoms with Gasteiger partial charge in [-0.1, -0.05) is 6.07 Å². The van der Waals surface area contributed by atoms with E-state index in [1.165, 1.54) is 25.5 Å². The monoisotopic (exact) mass is 417 g/mol. The van der Waals surface area contributed by atoms with Crippen LogP contribution in [0.3, 0.4) is 0 Å². The SMILES string of the molecule is CN/C=C(\C=N)c1ccc(Nc2ncc3ccnc(N4CCCCC4)c3n2)c(OC)c1. The van der Waals surface area contributed by atoms with Gasteiger partial charge >= 0.3 is 0 Å². The van der Waals surface area contributed by atoms with Crippen LogP contribution in [0.5, 0.6) is 5.75 Å². The van der Waals surface area contributed by atoms with Crippen molar-refractivity contribution in [2.45, 2.75) is 19.3 Å². The van der Waals surface area contributed by atoms with Crippen molar-refractivity contribution in [1.82, 2.24) is 20.3 Å². The lowest BCUT2D eigenvalue weighted by molar-refractivity contribution is 0.416. The number of rotatable bonds is 7. The fourth-order valence-corrected chi connectivity index (χ4v) is 3.80. The molecule has 0 saturated carbocycles. The van der Waals surface area contributed by atoms with Crippen molar-refractivity contribution in [3.05, 3.63) is 48.4 Å². The molecule has 1 saturated heterocycles. The van der Waals surface area contributed by atoms with E-state index in [0.717, 1.165) is 46.6 Å². The van der Waals surface area contributed by atoms with Crippen LogP contribution in [0.2, 0.25) is 0 Å². The molecule has 8 nitrogen and oxygen atoms in total. The van der Waals surface area contributed by atoms with E-state index >= 15 is 0 Å². The number of nitrogens with one attached hydrogen (secondary N) is 3. The molecule has 0 amide bonds. The number of hydrogen-bond donors (Lipinski definition) is 3. The number of methoxy groups -OCH3 is 1. The quantitative estimate of drug-likeness (QED) is 0.500. The maximum Gasteiger partial charge on any atom is 0.227 e. The Hall–Kier alpha value is -3.68. The molecule has 0 bridgehead atoms. The van der Waals surface area contributed by atoms with Crippen LogP contribution in [0.4, 0.5) is 17.5 Å². The van der Waals surface area contributed by atoms with Crippen molar-refractivity contribution in [2.24, 2.45) is 0 Å². The zero-order chi connectivity index (χ0) is 21.6. The van der Waals surface area contributed by atoms with E-state index in [1.807, 2.05) is 36.7 Å². The first kappa shape index (κ1) is 20.6. The zero-order valence-electron chi connectivity index (χ0n) is 17.9. The lowest BCUT2D eigenvalue weighted by Crippen LogP contribution is -2.30. The summed E-state index contributed by atoms with van der Waals surface area (Å²) in [4.78, 5) is 16.2. The molecule has 31 heavy (non-hydrogen) atoms. The third kappa shape index (κ3) is 4.42. The number of fused-ring (bicyclic) bond motifs is 1. The highest BCUT2D eigenvalue weighted by molar-refractivity contribution is 6.08. The number of piperidine rings is 1. The van der Waals surface area contributed by atoms with Gasteiger partial charge in [0.15, 0.2) is 5.82 Å². The van der Waals surface area contributed by atoms with Crippen molar-refractivity contribution in [2.75, 3.05) is 37.5 Å². The number of nitrogens with zero attached hydrogens (tertiary/aromatic N) is 4. The first-order valence-electron chi connectivity index (χ1n) is 10.4. The number of ether oxygens (including phenoxy) is 1. The third-order valence-electron chi connectivity index (χ3n) is 5.37. The summed E-state index contributed by atoms with van der Waals surface area (Å²) in [6.45, 7) is 2.01. The van der Waals surface area contributed by atoms with Gasteiger partial charge in [0.25, 0.3) is 0 Å². The van der Waals surface area contributed by atoms with Crippen LogP contribution in [0.1, 0.15) is 24.8 Å². The van der Waals surface area contributed by atoms with Gasteiger partial charge in [0.05, 0.1) is 12.8 Å². The van der Waals surface area contributed by atoms with E-state index in [4.69, 9.17) is 15.1 Å². The van der Waals surface area contributed by atoms with Gasteiger partial charge in [-0.15, -0.1) is 0 Å². The van der Waals surface area contributed by atoms with Crippen LogP contribution in [0.25, 0.3) is 16.5 Å². The van der Waals surface area contributed by atoms with Crippen molar-refractivity contribution >= 4 is 40.1 Å². The highest BCUT2D eigenvalue weighted by Gasteiger charge is 2.17. The molecule has 1 fully saturated rings. The standard InChI is InChI=1S/C23H27N7O/c1-25-14-18(13-24)16-6-7-19(20(12-16)31-2)28-23-27-15-17-8-9-26-22(21(17)29-23)30-10-4-3-5-11-30/h6-9,12-15,24-25H,3-5,10-11H2,1-2H3,(H,27,28,29)/b18-14+,24-13?. The summed E-state index contributed by atoms with van der Waals surface area (Å²) < 4.78 is 5.58. The summed E-state index contributed by atoms with van der Waals surface area (Å²) in [7, 11) is 3.43. The molecule has 1 aromatic carbocycles. The molecule has 1 aliphatic rings. The van der Waals surface area contributed by atoms with Crippen LogP contribution in [0.15, 0.2) is 42.9 Å². The minimum atomic E-state index is 0.489. The highest BCUT2D eigenvalue weighted by atomic mass is 16.5. The second-order valence-electron chi connectivity index (χ2n) is 7.39. The van der Waals surface area contributed by atoms with E-state index in [1.54, 1.807) is 20.4 Å². The number of hydrogen-bond acceptors (Lipinski definition) is 8. The van der Waals surface area contributed by atoms with Gasteiger partial charge < -0.3 is 25.7 Å². The van der Waals surface area contributed by atoms with Crippen LogP contribution in [-0.4, -0.2) is 48.4 Å². The molecule has 160 valence electrons. The van der Waals surface area contributed by atoms with Crippen molar-refractivity contribution in [1.29, 1.82) is 5.41 Å². The number of allylic oxidation sites excluding steroid dienone is 1. The fourth-order valence-electron chi connectivity index (χ4n) is 3.80. The molecule has 0 aliphatic carbocycles. The van der Waals surface area contributed by atoms with Gasteiger partial charge in [0, 0.05) is 55.9 Å². The van der Waals surface area contributed by atoms with E-state index < -0.39 is 0 Å². The molecular formula is C23H27N7O. The molecule has 2 aromatic heterocycles. The summed E-state index contributed by atoms with van der Waals surface area (Å²) in [5.74, 6) is 2.05. The molecule has 0 atom stereocenters. The fraction of sp³-hybridized carbons (Fsp3) is 0.304. The topological polar surface area (TPSA) is 99.0 Å². The molecule has 3 N–H and O–H groups in total. The first-order chi connectivity index (χ1) is 15.2. The zero-order valence-corrected chi connectivity index (χ0v) is 17.9. The molecule has 3 aromatic rings. The lowest BCUT2D eigenvalue weighted by Gasteiger charge is -2.28. The first-order valence-corrected chi connectivity index (χ1v) is 10.4. The van der Waals surface area contributed by atoms with E-state index in [0.29, 0.717) is 11.7 Å². The van der Waals surface area contributed by atoms with Crippen LogP contribution in [0, 0.1) is 5.41 Å². The van der Waals surface area contributed by atoms with Crippen molar-refractivity contribution in [3.63, 3.8) is 0 Å². The van der Waals surface area contributed by atoms with E-state index in [-0.39, 0.29) is 0 Å². The molecule has 0 radical (unpaired) electrons. The summed E-state index contributed by atoms with van der Waals surface area (Å²) in [6.07, 6.45) is 10.3. The lowest BCUT2D eigenvalue weighted by atomic mass is 10.1. The van der Waals surface area contributed by atoms with Gasteiger partial charge in [-0.2, -0.15) is 0 Å². The van der Waals surface area contributed by atoms with Crippen molar-refractivity contribution < 1.29 is 4.74 Å². The second-order valence-corrected chi connectivity index (χ2v) is 7.39. The Kier molecular flexibility index (Phi) is 6.26. The van der Waals surface area contributed by atoms with Gasteiger partial charge in [-0.05, 0) is 43.0 Å². The summed E-state index contributed by atoms with van der Waals surface area (Å²) in [5.41, 5.74) is 3.23. The van der Waals surface area contributed by atoms with Crippen LogP contribution >= 0.6 is 0 Å². The predicted molar refractivity (Wildman–Crippen MR) is 125 cm³/mol. The average molecular weight is 418 g/mol. The number of benzene rings is 1. The molecule has 0 spiro atoms. The van der Waals surface area contributed by atoms with Gasteiger partial charge in [-0.25, -0.2) is 15.0 Å². The molecule has 0 unspecified atom stereocenters. The van der Waals surface area contributed by atoms with Gasteiger partial charge in [-0.3, -0.25) is 0 Å². The highest BCUT2D eigenvalue weighted by Crippen LogP contribution is 2.31. The van der Waals surface area contributed by atoms with Crippen LogP contribution in [-0.2, 0) is 0 Å². The van der Waals surface area contributed by atoms with Crippen LogP contribution < -0.4 is 20.3 Å². The third-order valence-corrected chi connectivity index (χ3v) is 5.37. The van der Waals surface area contributed by atoms with Crippen molar-refractivity contribution in [3.8, 4) is 5.75 Å². The summed E-state index contributed by atoms with van der Waals surface area (Å²) in [6, 6.07) is 7.66. The smallest absolute Gasteiger partial charge is 0.227 e. The minimum absolute atomic E-state index is 0.489. The summed E-state index contributed by atoms with van der Waals surface area (Å²) in [5, 5.41) is 14.8. The Morgan fingerprint density at radius 1 is 1.16 bits per heavy atom. The Morgan fingerprint density at radius 2 is 2.00 bits per heavy atom. The van der Waals surface area contributed by atoms with Gasteiger partial charge in [0.2, 0.25) is 5.95 Å². The Morgan fingerprint density at radius 3 is 2.74 bits per heavy atom. The molecule has 8 heteroatoms. The molecule has 1 aliphatic heterocycles. The van der Waals surface area contributed by atoms with E-state index in [2.05, 4.69) is 25.5 Å². The molecule has 3 heterocycles. The maximum absolute atomic E-state index is 7.62. The average Bonchev–Trinajstić information content (AvgIpc) is 2.83. The Balaban J connectivity index is 1.66. The van der Waals surface area contributed by atoms with E-state index in [9.17, 15) is 0 Å². The molecule has 4 rings (SSSR count). The number of aromatic nitrogens is 3. The molecular weight excluding hydrogens is 390 g/mol. The largest absolute Gasteiger partial charge is 0.495 e. The Labute approximate surface area is 181 Å². The minimum Gasteiger partial charge on any atom is -0.495 e. The predicted octanol–water partition coefficient (Wildman–Crippen LogP) is 3.98. The second kappa shape index (κ2) is 9.42. The number of pyridine rings is 1. The normalized spacial score (nSPS) is 14.4. The number of anilines is 3.